The number of amides is 1. The van der Waals surface area contributed by atoms with Crippen LogP contribution < -0.4 is 4.90 Å². The lowest BCUT2D eigenvalue weighted by Gasteiger charge is -2.23. The quantitative estimate of drug-likeness (QED) is 0.624. The lowest BCUT2D eigenvalue weighted by Crippen LogP contribution is -2.36. The molecule has 7 heteroatoms. The van der Waals surface area contributed by atoms with Gasteiger partial charge in [0.2, 0.25) is 0 Å². The van der Waals surface area contributed by atoms with Crippen molar-refractivity contribution in [2.45, 2.75) is 27.2 Å². The van der Waals surface area contributed by atoms with Crippen LogP contribution in [0.4, 0.5) is 16.2 Å². The number of nitrogens with zero attached hydrogens (tertiary/aromatic N) is 3. The Morgan fingerprint density at radius 2 is 2.04 bits per heavy atom. The highest BCUT2D eigenvalue weighted by atomic mass is 16.6. The molecular formula is C17H25N3O4. The first kappa shape index (κ1) is 18.0. The minimum Gasteiger partial charge on any atom is -0.449 e. The highest BCUT2D eigenvalue weighted by Crippen LogP contribution is 2.29. The van der Waals surface area contributed by atoms with Gasteiger partial charge in [-0.15, -0.1) is 0 Å². The van der Waals surface area contributed by atoms with E-state index in [9.17, 15) is 14.9 Å². The first-order valence-electron chi connectivity index (χ1n) is 8.30. The Kier molecular flexibility index (Phi) is 6.00. The predicted octanol–water partition coefficient (Wildman–Crippen LogP) is 3.21. The number of nitro benzene ring substituents is 1. The van der Waals surface area contributed by atoms with Crippen molar-refractivity contribution in [3.63, 3.8) is 0 Å². The van der Waals surface area contributed by atoms with Crippen LogP contribution in [0, 0.1) is 23.0 Å². The molecule has 1 saturated heterocycles. The molecule has 1 heterocycles. The molecule has 0 bridgehead atoms. The highest BCUT2D eigenvalue weighted by Gasteiger charge is 2.24. The lowest BCUT2D eigenvalue weighted by molar-refractivity contribution is -0.384. The van der Waals surface area contributed by atoms with Gasteiger partial charge >= 0.3 is 6.09 Å². The van der Waals surface area contributed by atoms with Crippen LogP contribution in [0.2, 0.25) is 0 Å². The van der Waals surface area contributed by atoms with E-state index in [0.717, 1.165) is 12.0 Å². The molecule has 132 valence electrons. The summed E-state index contributed by atoms with van der Waals surface area (Å²) in [6.07, 6.45) is 0.450. The normalized spacial score (nSPS) is 15.3. The SMILES string of the molecule is Cc1ccc(N2CCCN(C(=O)OCC(C)C)CC2)c([N+](=O)[O-])c1. The van der Waals surface area contributed by atoms with Gasteiger partial charge < -0.3 is 14.5 Å². The molecule has 0 aromatic heterocycles. The minimum absolute atomic E-state index is 0.117. The van der Waals surface area contributed by atoms with Gasteiger partial charge in [0.25, 0.3) is 5.69 Å². The van der Waals surface area contributed by atoms with Crippen LogP contribution in [0.3, 0.4) is 0 Å². The largest absolute Gasteiger partial charge is 0.449 e. The molecule has 1 fully saturated rings. The van der Waals surface area contributed by atoms with E-state index in [4.69, 9.17) is 4.74 Å². The molecular weight excluding hydrogens is 310 g/mol. The summed E-state index contributed by atoms with van der Waals surface area (Å²) < 4.78 is 5.28. The average Bonchev–Trinajstić information content (AvgIpc) is 2.78. The summed E-state index contributed by atoms with van der Waals surface area (Å²) in [6.45, 7) is 8.57. The Hall–Kier alpha value is -2.31. The Bertz CT molecular complexity index is 603. The highest BCUT2D eigenvalue weighted by molar-refractivity contribution is 5.68. The molecule has 0 spiro atoms. The molecule has 1 aliphatic rings. The summed E-state index contributed by atoms with van der Waals surface area (Å²) in [5, 5.41) is 11.3. The molecule has 0 radical (unpaired) electrons. The second kappa shape index (κ2) is 7.99. The van der Waals surface area contributed by atoms with Crippen LogP contribution in [-0.2, 0) is 4.74 Å². The average molecular weight is 335 g/mol. The van der Waals surface area contributed by atoms with Crippen molar-refractivity contribution in [2.75, 3.05) is 37.7 Å². The van der Waals surface area contributed by atoms with Crippen molar-refractivity contribution >= 4 is 17.5 Å². The molecule has 1 amide bonds. The number of hydrogen-bond acceptors (Lipinski definition) is 5. The zero-order chi connectivity index (χ0) is 17.7. The molecule has 1 aromatic rings. The molecule has 2 rings (SSSR count). The van der Waals surface area contributed by atoms with Crippen molar-refractivity contribution in [1.82, 2.24) is 4.90 Å². The summed E-state index contributed by atoms with van der Waals surface area (Å²) in [5.74, 6) is 0.299. The standard InChI is InChI=1S/C17H25N3O4/c1-13(2)12-24-17(21)19-8-4-7-18(9-10-19)15-6-5-14(3)11-16(15)20(22)23/h5-6,11,13H,4,7-10,12H2,1-3H3. The van der Waals surface area contributed by atoms with E-state index >= 15 is 0 Å². The summed E-state index contributed by atoms with van der Waals surface area (Å²) in [5.41, 5.74) is 1.59. The zero-order valence-electron chi connectivity index (χ0n) is 14.5. The number of rotatable bonds is 4. The fourth-order valence-corrected chi connectivity index (χ4v) is 2.72. The van der Waals surface area contributed by atoms with Gasteiger partial charge in [-0.1, -0.05) is 19.9 Å². The molecule has 0 saturated carbocycles. The van der Waals surface area contributed by atoms with E-state index in [2.05, 4.69) is 0 Å². The lowest BCUT2D eigenvalue weighted by atomic mass is 10.1. The molecule has 24 heavy (non-hydrogen) atoms. The number of anilines is 1. The van der Waals surface area contributed by atoms with Crippen molar-refractivity contribution in [3.05, 3.63) is 33.9 Å². The smallest absolute Gasteiger partial charge is 0.409 e. The summed E-state index contributed by atoms with van der Waals surface area (Å²) in [4.78, 5) is 26.7. The maximum Gasteiger partial charge on any atom is 0.409 e. The third-order valence-electron chi connectivity index (χ3n) is 3.96. The number of aryl methyl sites for hydroxylation is 1. The fourth-order valence-electron chi connectivity index (χ4n) is 2.72. The van der Waals surface area contributed by atoms with Crippen LogP contribution in [0.15, 0.2) is 18.2 Å². The minimum atomic E-state index is -0.345. The summed E-state index contributed by atoms with van der Waals surface area (Å²) in [7, 11) is 0. The van der Waals surface area contributed by atoms with Crippen molar-refractivity contribution in [2.24, 2.45) is 5.92 Å². The molecule has 1 aliphatic heterocycles. The van der Waals surface area contributed by atoms with Gasteiger partial charge in [0, 0.05) is 32.2 Å². The fraction of sp³-hybridized carbons (Fsp3) is 0.588. The molecule has 0 N–H and O–H groups in total. The van der Waals surface area contributed by atoms with E-state index < -0.39 is 0 Å². The summed E-state index contributed by atoms with van der Waals surface area (Å²) in [6, 6.07) is 5.26. The van der Waals surface area contributed by atoms with E-state index in [1.54, 1.807) is 17.0 Å². The van der Waals surface area contributed by atoms with E-state index in [1.807, 2.05) is 31.7 Å². The van der Waals surface area contributed by atoms with Gasteiger partial charge in [-0.05, 0) is 30.9 Å². The van der Waals surface area contributed by atoms with Crippen LogP contribution >= 0.6 is 0 Å². The van der Waals surface area contributed by atoms with E-state index in [0.29, 0.717) is 44.4 Å². The molecule has 1 aromatic carbocycles. The molecule has 0 unspecified atom stereocenters. The third-order valence-corrected chi connectivity index (χ3v) is 3.96. The molecule has 7 nitrogen and oxygen atoms in total. The first-order valence-corrected chi connectivity index (χ1v) is 8.30. The van der Waals surface area contributed by atoms with Crippen LogP contribution in [-0.4, -0.2) is 48.7 Å². The van der Waals surface area contributed by atoms with E-state index in [-0.39, 0.29) is 16.7 Å². The van der Waals surface area contributed by atoms with Gasteiger partial charge in [0.15, 0.2) is 0 Å². The van der Waals surface area contributed by atoms with Gasteiger partial charge in [-0.3, -0.25) is 10.1 Å². The van der Waals surface area contributed by atoms with Crippen molar-refractivity contribution in [1.29, 1.82) is 0 Å². The van der Waals surface area contributed by atoms with Gasteiger partial charge in [0.05, 0.1) is 11.5 Å². The van der Waals surface area contributed by atoms with Gasteiger partial charge in [-0.25, -0.2) is 4.79 Å². The Morgan fingerprint density at radius 1 is 1.29 bits per heavy atom. The predicted molar refractivity (Wildman–Crippen MR) is 92.4 cm³/mol. The number of benzene rings is 1. The zero-order valence-corrected chi connectivity index (χ0v) is 14.5. The van der Waals surface area contributed by atoms with Gasteiger partial charge in [0.1, 0.15) is 5.69 Å². The van der Waals surface area contributed by atoms with Crippen LogP contribution in [0.1, 0.15) is 25.8 Å². The Balaban J connectivity index is 2.06. The monoisotopic (exact) mass is 335 g/mol. The van der Waals surface area contributed by atoms with Crippen molar-refractivity contribution < 1.29 is 14.5 Å². The maximum atomic E-state index is 12.1. The number of carbonyl (C=O) groups is 1. The Morgan fingerprint density at radius 3 is 2.71 bits per heavy atom. The first-order chi connectivity index (χ1) is 11.4. The second-order valence-electron chi connectivity index (χ2n) is 6.55. The number of ether oxygens (including phenoxy) is 1. The molecule has 0 aliphatic carbocycles. The number of nitro groups is 1. The van der Waals surface area contributed by atoms with Crippen LogP contribution in [0.25, 0.3) is 0 Å². The summed E-state index contributed by atoms with van der Waals surface area (Å²) >= 11 is 0. The maximum absolute atomic E-state index is 12.1. The van der Waals surface area contributed by atoms with Gasteiger partial charge in [-0.2, -0.15) is 0 Å². The third kappa shape index (κ3) is 4.59. The topological polar surface area (TPSA) is 75.9 Å². The van der Waals surface area contributed by atoms with E-state index in [1.165, 1.54) is 0 Å². The molecule has 0 atom stereocenters. The van der Waals surface area contributed by atoms with Crippen molar-refractivity contribution in [3.8, 4) is 0 Å². The number of carbonyl (C=O) groups excluding carboxylic acids is 1. The number of hydrogen-bond donors (Lipinski definition) is 0. The second-order valence-corrected chi connectivity index (χ2v) is 6.55. The van der Waals surface area contributed by atoms with Crippen LogP contribution in [0.5, 0.6) is 0 Å². The Labute approximate surface area is 142 Å².